The van der Waals surface area contributed by atoms with E-state index in [2.05, 4.69) is 0 Å². The normalized spacial score (nSPS) is 11.2. The highest BCUT2D eigenvalue weighted by Gasteiger charge is 2.23. The first-order valence-electron chi connectivity index (χ1n) is 9.31. The quantitative estimate of drug-likeness (QED) is 0.418. The Hall–Kier alpha value is -2.91. The van der Waals surface area contributed by atoms with E-state index >= 15 is 0 Å². The smallest absolute Gasteiger partial charge is 0.338 e. The first-order chi connectivity index (χ1) is 14.3. The number of hydrogen-bond acceptors (Lipinski definition) is 7. The number of methoxy groups -OCH3 is 2. The van der Waals surface area contributed by atoms with Crippen molar-refractivity contribution in [3.05, 3.63) is 53.6 Å². The molecular weight excluding hydrogens is 410 g/mol. The molecule has 0 fully saturated rings. The molecular formula is C21H25NO7S. The molecule has 0 spiro atoms. The molecule has 9 heteroatoms. The van der Waals surface area contributed by atoms with Crippen LogP contribution in [0.4, 0.5) is 0 Å². The molecule has 0 aliphatic rings. The van der Waals surface area contributed by atoms with Gasteiger partial charge in [-0.1, -0.05) is 19.9 Å². The summed E-state index contributed by atoms with van der Waals surface area (Å²) in [5.74, 6) is -0.377. The van der Waals surface area contributed by atoms with Crippen LogP contribution in [0.5, 0.6) is 11.5 Å². The highest BCUT2D eigenvalue weighted by atomic mass is 32.2. The average molecular weight is 435 g/mol. The molecule has 0 heterocycles. The standard InChI is InChI=1S/C21H25NO7S/c1-5-22(6-2)30(25,26)17-9-7-8-16(12-17)21(24)29-14-18(23)15-10-11-19(27-3)20(13-15)28-4/h7-13H,5-6,14H2,1-4H3. The number of hydrogen-bond donors (Lipinski definition) is 0. The third-order valence-corrected chi connectivity index (χ3v) is 6.50. The number of Topliss-reactive ketones (excluding diaryl/α,β-unsaturated/α-hetero) is 1. The lowest BCUT2D eigenvalue weighted by atomic mass is 10.1. The summed E-state index contributed by atoms with van der Waals surface area (Å²) in [6.07, 6.45) is 0. The average Bonchev–Trinajstić information content (AvgIpc) is 2.77. The van der Waals surface area contributed by atoms with Crippen molar-refractivity contribution in [3.8, 4) is 11.5 Å². The molecule has 0 saturated heterocycles. The first-order valence-corrected chi connectivity index (χ1v) is 10.7. The Morgan fingerprint density at radius 3 is 2.17 bits per heavy atom. The first kappa shape index (κ1) is 23.4. The van der Waals surface area contributed by atoms with Gasteiger partial charge >= 0.3 is 5.97 Å². The Balaban J connectivity index is 2.13. The van der Waals surface area contributed by atoms with E-state index in [1.165, 1.54) is 54.9 Å². The monoisotopic (exact) mass is 435 g/mol. The van der Waals surface area contributed by atoms with Crippen LogP contribution in [0.1, 0.15) is 34.6 Å². The molecule has 0 aromatic heterocycles. The number of nitrogens with zero attached hydrogens (tertiary/aromatic N) is 1. The van der Waals surface area contributed by atoms with Gasteiger partial charge in [0, 0.05) is 18.7 Å². The van der Waals surface area contributed by atoms with Crippen LogP contribution in [0.2, 0.25) is 0 Å². The van der Waals surface area contributed by atoms with Crippen LogP contribution in [0.15, 0.2) is 47.4 Å². The maximum absolute atomic E-state index is 12.6. The molecule has 8 nitrogen and oxygen atoms in total. The Morgan fingerprint density at radius 1 is 0.900 bits per heavy atom. The Labute approximate surface area is 176 Å². The summed E-state index contributed by atoms with van der Waals surface area (Å²) < 4.78 is 41.9. The Bertz CT molecular complexity index is 1010. The van der Waals surface area contributed by atoms with Gasteiger partial charge in [-0.15, -0.1) is 0 Å². The van der Waals surface area contributed by atoms with Crippen molar-refractivity contribution in [1.29, 1.82) is 0 Å². The summed E-state index contributed by atoms with van der Waals surface area (Å²) in [4.78, 5) is 24.7. The molecule has 0 unspecified atom stereocenters. The molecule has 162 valence electrons. The van der Waals surface area contributed by atoms with Gasteiger partial charge in [-0.2, -0.15) is 4.31 Å². The fraction of sp³-hybridized carbons (Fsp3) is 0.333. The van der Waals surface area contributed by atoms with Crippen molar-refractivity contribution in [2.45, 2.75) is 18.7 Å². The number of carbonyl (C=O) groups excluding carboxylic acids is 2. The highest BCUT2D eigenvalue weighted by Crippen LogP contribution is 2.27. The third-order valence-electron chi connectivity index (χ3n) is 4.45. The van der Waals surface area contributed by atoms with Crippen molar-refractivity contribution < 1.29 is 32.2 Å². The largest absolute Gasteiger partial charge is 0.493 e. The highest BCUT2D eigenvalue weighted by molar-refractivity contribution is 7.89. The summed E-state index contributed by atoms with van der Waals surface area (Å²) >= 11 is 0. The van der Waals surface area contributed by atoms with Gasteiger partial charge in [0.2, 0.25) is 10.0 Å². The van der Waals surface area contributed by atoms with Crippen LogP contribution in [-0.4, -0.2) is 58.4 Å². The maximum atomic E-state index is 12.6. The van der Waals surface area contributed by atoms with Gasteiger partial charge in [-0.25, -0.2) is 13.2 Å². The topological polar surface area (TPSA) is 99.2 Å². The van der Waals surface area contributed by atoms with Crippen LogP contribution in [0.3, 0.4) is 0 Å². The van der Waals surface area contributed by atoms with E-state index in [9.17, 15) is 18.0 Å². The van der Waals surface area contributed by atoms with Crippen molar-refractivity contribution >= 4 is 21.8 Å². The minimum atomic E-state index is -3.71. The second kappa shape index (κ2) is 10.2. The zero-order valence-electron chi connectivity index (χ0n) is 17.4. The van der Waals surface area contributed by atoms with Crippen molar-refractivity contribution in [3.63, 3.8) is 0 Å². The molecule has 0 aliphatic carbocycles. The van der Waals surface area contributed by atoms with E-state index in [1.54, 1.807) is 19.9 Å². The lowest BCUT2D eigenvalue weighted by Gasteiger charge is -2.18. The van der Waals surface area contributed by atoms with Gasteiger partial charge in [0.25, 0.3) is 0 Å². The minimum Gasteiger partial charge on any atom is -0.493 e. The van der Waals surface area contributed by atoms with Crippen LogP contribution >= 0.6 is 0 Å². The fourth-order valence-electron chi connectivity index (χ4n) is 2.80. The molecule has 2 rings (SSSR count). The second-order valence-corrected chi connectivity index (χ2v) is 8.12. The summed E-state index contributed by atoms with van der Waals surface area (Å²) in [6.45, 7) is 3.60. The van der Waals surface area contributed by atoms with E-state index in [1.807, 2.05) is 0 Å². The Kier molecular flexibility index (Phi) is 7.96. The number of ketones is 1. The molecule has 0 amide bonds. The van der Waals surface area contributed by atoms with Gasteiger partial charge in [0.05, 0.1) is 24.7 Å². The molecule has 0 N–H and O–H groups in total. The summed E-state index contributed by atoms with van der Waals surface area (Å²) in [6, 6.07) is 10.2. The number of benzene rings is 2. The summed E-state index contributed by atoms with van der Waals surface area (Å²) in [5.41, 5.74) is 0.335. The van der Waals surface area contributed by atoms with Crippen LogP contribution in [0, 0.1) is 0 Å². The van der Waals surface area contributed by atoms with Gasteiger partial charge < -0.3 is 14.2 Å². The lowest BCUT2D eigenvalue weighted by Crippen LogP contribution is -2.30. The van der Waals surface area contributed by atoms with Gasteiger partial charge in [-0.3, -0.25) is 4.79 Å². The van der Waals surface area contributed by atoms with Crippen LogP contribution in [0.25, 0.3) is 0 Å². The maximum Gasteiger partial charge on any atom is 0.338 e. The lowest BCUT2D eigenvalue weighted by molar-refractivity contribution is 0.0474. The van der Waals surface area contributed by atoms with Crippen LogP contribution in [-0.2, 0) is 14.8 Å². The SMILES string of the molecule is CCN(CC)S(=O)(=O)c1cccc(C(=O)OCC(=O)c2ccc(OC)c(OC)c2)c1. The number of sulfonamides is 1. The number of carbonyl (C=O) groups is 2. The predicted octanol–water partition coefficient (Wildman–Crippen LogP) is 2.77. The van der Waals surface area contributed by atoms with Crippen molar-refractivity contribution in [2.24, 2.45) is 0 Å². The molecule has 30 heavy (non-hydrogen) atoms. The molecule has 0 bridgehead atoms. The van der Waals surface area contributed by atoms with Gasteiger partial charge in [0.1, 0.15) is 0 Å². The van der Waals surface area contributed by atoms with Crippen molar-refractivity contribution in [1.82, 2.24) is 4.31 Å². The second-order valence-electron chi connectivity index (χ2n) is 6.19. The summed E-state index contributed by atoms with van der Waals surface area (Å²) in [7, 11) is -0.781. The van der Waals surface area contributed by atoms with E-state index in [4.69, 9.17) is 14.2 Å². The predicted molar refractivity (Wildman–Crippen MR) is 111 cm³/mol. The van der Waals surface area contributed by atoms with E-state index in [0.717, 1.165) is 0 Å². The molecule has 0 radical (unpaired) electrons. The molecule has 0 aliphatic heterocycles. The number of ether oxygens (including phenoxy) is 3. The van der Waals surface area contributed by atoms with E-state index in [-0.39, 0.29) is 10.5 Å². The van der Waals surface area contributed by atoms with Crippen LogP contribution < -0.4 is 9.47 Å². The molecule has 2 aromatic rings. The number of rotatable bonds is 10. The Morgan fingerprint density at radius 2 is 1.57 bits per heavy atom. The summed E-state index contributed by atoms with van der Waals surface area (Å²) in [5, 5.41) is 0. The van der Waals surface area contributed by atoms with Gasteiger partial charge in [0.15, 0.2) is 23.9 Å². The van der Waals surface area contributed by atoms with Crippen molar-refractivity contribution in [2.75, 3.05) is 33.9 Å². The van der Waals surface area contributed by atoms with E-state index < -0.39 is 28.4 Å². The molecule has 0 atom stereocenters. The number of esters is 1. The molecule has 0 saturated carbocycles. The minimum absolute atomic E-state index is 0.00753. The zero-order valence-corrected chi connectivity index (χ0v) is 18.2. The zero-order chi connectivity index (χ0) is 22.3. The fourth-order valence-corrected chi connectivity index (χ4v) is 4.31. The van der Waals surface area contributed by atoms with Gasteiger partial charge in [-0.05, 0) is 36.4 Å². The molecule has 2 aromatic carbocycles. The third kappa shape index (κ3) is 5.17. The van der Waals surface area contributed by atoms with E-state index in [0.29, 0.717) is 30.2 Å².